The predicted octanol–water partition coefficient (Wildman–Crippen LogP) is -0.544. The van der Waals surface area contributed by atoms with E-state index in [1.807, 2.05) is 77.2 Å². The summed E-state index contributed by atoms with van der Waals surface area (Å²) in [5.74, 6) is 0. The van der Waals surface area contributed by atoms with E-state index in [0.29, 0.717) is 12.5 Å². The van der Waals surface area contributed by atoms with Crippen molar-refractivity contribution in [1.82, 2.24) is 0 Å². The molecule has 2 aromatic rings. The summed E-state index contributed by atoms with van der Waals surface area (Å²) < 4.78 is 54.5. The number of nitrogens with one attached hydrogen (secondary N) is 2. The fraction of sp³-hybridized carbons (Fsp3) is 0.375. The molecule has 0 aliphatic rings. The highest BCUT2D eigenvalue weighted by atomic mass is 32.2. The van der Waals surface area contributed by atoms with Crippen molar-refractivity contribution in [3.8, 4) is 0 Å². The zero-order valence-electron chi connectivity index (χ0n) is 16.8. The van der Waals surface area contributed by atoms with Crippen LogP contribution in [-0.2, 0) is 20.2 Å². The second-order valence-electron chi connectivity index (χ2n) is 5.71. The Morgan fingerprint density at radius 3 is 0.929 bits per heavy atom. The van der Waals surface area contributed by atoms with Gasteiger partial charge in [-0.3, -0.25) is 0 Å². The number of rotatable bonds is 2. The van der Waals surface area contributed by atoms with Crippen molar-refractivity contribution in [2.75, 3.05) is 50.5 Å². The first-order valence-electron chi connectivity index (χ1n) is 7.70. The van der Waals surface area contributed by atoms with Crippen LogP contribution in [0.25, 0.3) is 0 Å². The molecule has 2 N–H and O–H groups in total. The molecule has 0 unspecified atom stereocenters. The second-order valence-corrected chi connectivity index (χ2v) is 8.53. The summed E-state index contributed by atoms with van der Waals surface area (Å²) in [6, 6.07) is 8.11. The van der Waals surface area contributed by atoms with Gasteiger partial charge in [0.2, 0.25) is 0 Å². The number of aromatic nitrogens is 2. The van der Waals surface area contributed by atoms with Crippen LogP contribution in [0.2, 0.25) is 0 Å². The first-order valence-corrected chi connectivity index (χ1v) is 11.3. The van der Waals surface area contributed by atoms with Crippen molar-refractivity contribution in [2.24, 2.45) is 0 Å². The first-order chi connectivity index (χ1) is 12.6. The van der Waals surface area contributed by atoms with E-state index in [1.54, 1.807) is 0 Å². The third-order valence-electron chi connectivity index (χ3n) is 2.43. The molecule has 0 saturated carbocycles. The number of aromatic amines is 2. The summed E-state index contributed by atoms with van der Waals surface area (Å²) in [6.07, 6.45) is 8.86. The molecule has 0 atom stereocenters. The zero-order valence-corrected chi connectivity index (χ0v) is 18.4. The van der Waals surface area contributed by atoms with Crippen molar-refractivity contribution < 1.29 is 35.9 Å². The Labute approximate surface area is 167 Å². The molecule has 2 rings (SSSR count). The molecule has 0 radical (unpaired) electrons. The first kappa shape index (κ1) is 27.9. The minimum Gasteiger partial charge on any atom is -0.748 e. The Balaban J connectivity index is 0. The molecule has 2 aromatic heterocycles. The van der Waals surface area contributed by atoms with Crippen molar-refractivity contribution in [1.29, 1.82) is 0 Å². The highest BCUT2D eigenvalue weighted by Gasteiger charge is 1.92. The molecule has 28 heavy (non-hydrogen) atoms. The number of hydrogen-bond acceptors (Lipinski definition) is 8. The molecule has 2 heterocycles. The highest BCUT2D eigenvalue weighted by Crippen LogP contribution is 2.05. The van der Waals surface area contributed by atoms with Crippen LogP contribution in [0.15, 0.2) is 49.1 Å². The van der Waals surface area contributed by atoms with Crippen LogP contribution in [0.1, 0.15) is 0 Å². The van der Waals surface area contributed by atoms with Crippen molar-refractivity contribution in [3.63, 3.8) is 0 Å². The average Bonchev–Trinajstić information content (AvgIpc) is 2.54. The number of hydrogen-bond donors (Lipinski definition) is 0. The summed E-state index contributed by atoms with van der Waals surface area (Å²) in [5, 5.41) is 0. The van der Waals surface area contributed by atoms with Gasteiger partial charge in [0, 0.05) is 76.3 Å². The van der Waals surface area contributed by atoms with Gasteiger partial charge in [0.15, 0.2) is 24.8 Å². The van der Waals surface area contributed by atoms with E-state index >= 15 is 0 Å². The Bertz CT molecular complexity index is 754. The molecule has 0 saturated heterocycles. The van der Waals surface area contributed by atoms with E-state index in [0.717, 1.165) is 0 Å². The van der Waals surface area contributed by atoms with Gasteiger partial charge in [0.25, 0.3) is 0 Å². The zero-order chi connectivity index (χ0) is 22.4. The van der Waals surface area contributed by atoms with E-state index in [9.17, 15) is 0 Å². The average molecular weight is 437 g/mol. The maximum atomic E-state index is 9.08. The minimum absolute atomic E-state index is 0.604. The molecule has 0 aliphatic heterocycles. The van der Waals surface area contributed by atoms with E-state index in [2.05, 4.69) is 19.8 Å². The van der Waals surface area contributed by atoms with Crippen LogP contribution in [0.4, 0.5) is 11.4 Å². The summed E-state index contributed by atoms with van der Waals surface area (Å²) in [4.78, 5) is 10.0. The van der Waals surface area contributed by atoms with Gasteiger partial charge < -0.3 is 18.9 Å². The number of pyridine rings is 2. The fourth-order valence-electron chi connectivity index (χ4n) is 1.35. The predicted molar refractivity (Wildman–Crippen MR) is 106 cm³/mol. The Morgan fingerprint density at radius 1 is 0.643 bits per heavy atom. The van der Waals surface area contributed by atoms with Gasteiger partial charge in [-0.25, -0.2) is 26.8 Å². The molecule has 0 aliphatic carbocycles. The molecule has 0 amide bonds. The lowest BCUT2D eigenvalue weighted by Crippen LogP contribution is -2.10. The van der Waals surface area contributed by atoms with Gasteiger partial charge in [0.05, 0.1) is 20.2 Å². The Morgan fingerprint density at radius 2 is 0.821 bits per heavy atom. The molecule has 0 aromatic carbocycles. The summed E-state index contributed by atoms with van der Waals surface area (Å²) in [5.41, 5.74) is 2.43. The lowest BCUT2D eigenvalue weighted by molar-refractivity contribution is -0.378. The number of nitrogens with zero attached hydrogens (tertiary/aromatic N) is 2. The fourth-order valence-corrected chi connectivity index (χ4v) is 1.35. The highest BCUT2D eigenvalue weighted by molar-refractivity contribution is 7.85. The van der Waals surface area contributed by atoms with Crippen molar-refractivity contribution >= 4 is 31.6 Å². The Hall–Kier alpha value is -2.28. The van der Waals surface area contributed by atoms with Crippen molar-refractivity contribution in [2.45, 2.75) is 0 Å². The summed E-state index contributed by atoms with van der Waals surface area (Å²) in [6.45, 7) is 0. The minimum atomic E-state index is -3.92. The van der Waals surface area contributed by atoms with Crippen molar-refractivity contribution in [3.05, 3.63) is 49.1 Å². The van der Waals surface area contributed by atoms with E-state index < -0.39 is 20.2 Å². The van der Waals surface area contributed by atoms with Gasteiger partial charge >= 0.3 is 0 Å². The van der Waals surface area contributed by atoms with Crippen LogP contribution in [-0.4, -0.2) is 66.6 Å². The lowest BCUT2D eigenvalue weighted by Gasteiger charge is -2.08. The monoisotopic (exact) mass is 436 g/mol. The van der Waals surface area contributed by atoms with Crippen LogP contribution in [0, 0.1) is 0 Å². The van der Waals surface area contributed by atoms with Gasteiger partial charge in [-0.1, -0.05) is 0 Å². The summed E-state index contributed by atoms with van der Waals surface area (Å²) >= 11 is 0. The molecule has 0 fully saturated rings. The van der Waals surface area contributed by atoms with Crippen LogP contribution in [0.3, 0.4) is 0 Å². The SMILES string of the molecule is CN(C)c1cc[nH+]cc1.CN(C)c1cc[nH+]cc1.CS(=O)(=O)[O-].CS(=O)(=O)[O-]. The smallest absolute Gasteiger partial charge is 0.169 e. The van der Waals surface area contributed by atoms with Crippen LogP contribution < -0.4 is 19.8 Å². The maximum Gasteiger partial charge on any atom is 0.169 e. The normalized spacial score (nSPS) is 10.0. The summed E-state index contributed by atoms with van der Waals surface area (Å²) in [7, 11) is 0.259. The van der Waals surface area contributed by atoms with Crippen LogP contribution in [0.5, 0.6) is 0 Å². The quantitative estimate of drug-likeness (QED) is 0.570. The van der Waals surface area contributed by atoms with E-state index in [1.165, 1.54) is 11.4 Å². The molecule has 160 valence electrons. The second kappa shape index (κ2) is 13.8. The molecular weight excluding hydrogens is 408 g/mol. The molecule has 10 nitrogen and oxygen atoms in total. The molecule has 0 bridgehead atoms. The topological polar surface area (TPSA) is 149 Å². The third kappa shape index (κ3) is 26.0. The third-order valence-corrected chi connectivity index (χ3v) is 2.43. The van der Waals surface area contributed by atoms with E-state index in [4.69, 9.17) is 25.9 Å². The molecule has 0 spiro atoms. The molecule has 12 heteroatoms. The largest absolute Gasteiger partial charge is 0.748 e. The van der Waals surface area contributed by atoms with Gasteiger partial charge in [-0.2, -0.15) is 0 Å². The van der Waals surface area contributed by atoms with Gasteiger partial charge in [-0.15, -0.1) is 0 Å². The molecular formula is C16H28N4O6S2. The Kier molecular flexibility index (Phi) is 13.8. The van der Waals surface area contributed by atoms with E-state index in [-0.39, 0.29) is 0 Å². The lowest BCUT2D eigenvalue weighted by atomic mass is 10.4. The van der Waals surface area contributed by atoms with Crippen LogP contribution >= 0.6 is 0 Å². The maximum absolute atomic E-state index is 9.08. The van der Waals surface area contributed by atoms with Gasteiger partial charge in [-0.05, 0) is 0 Å². The number of H-pyrrole nitrogens is 2. The van der Waals surface area contributed by atoms with Gasteiger partial charge in [0.1, 0.15) is 0 Å². The number of anilines is 2. The standard InChI is InChI=1S/2C7H10N2.2CH4O3S/c2*1-9(2)7-3-5-8-6-4-7;2*1-5(2,3)4/h2*3-6H,1-2H3;2*1H3,(H,2,3,4).